The van der Waals surface area contributed by atoms with E-state index in [0.29, 0.717) is 12.1 Å². The van der Waals surface area contributed by atoms with E-state index in [1.54, 1.807) is 11.8 Å². The van der Waals surface area contributed by atoms with Crippen molar-refractivity contribution in [1.82, 2.24) is 10.3 Å². The molecule has 118 valence electrons. The van der Waals surface area contributed by atoms with E-state index >= 15 is 0 Å². The highest BCUT2D eigenvalue weighted by molar-refractivity contribution is 7.99. The van der Waals surface area contributed by atoms with Crippen LogP contribution in [-0.4, -0.2) is 40.7 Å². The van der Waals surface area contributed by atoms with E-state index in [0.717, 1.165) is 40.1 Å². The van der Waals surface area contributed by atoms with Gasteiger partial charge in [0.15, 0.2) is 0 Å². The molecule has 1 aromatic carbocycles. The minimum absolute atomic E-state index is 0.0739. The third-order valence-corrected chi connectivity index (χ3v) is 4.46. The molecule has 1 aromatic heterocycles. The van der Waals surface area contributed by atoms with Gasteiger partial charge in [-0.15, -0.1) is 0 Å². The van der Waals surface area contributed by atoms with Crippen LogP contribution in [0, 0.1) is 13.8 Å². The Hall–Kier alpha value is -1.59. The first-order valence-corrected chi connectivity index (χ1v) is 8.62. The molecule has 2 rings (SSSR count). The van der Waals surface area contributed by atoms with Crippen molar-refractivity contribution in [2.24, 2.45) is 0 Å². The topological polar surface area (TPSA) is 62.2 Å². The molecule has 0 aliphatic heterocycles. The van der Waals surface area contributed by atoms with Crippen molar-refractivity contribution in [3.63, 3.8) is 0 Å². The van der Waals surface area contributed by atoms with Crippen molar-refractivity contribution in [3.8, 4) is 0 Å². The molecule has 0 spiro atoms. The monoisotopic (exact) mass is 318 g/mol. The fourth-order valence-corrected chi connectivity index (χ4v) is 2.99. The number of carbonyl (C=O) groups is 1. The SMILES string of the molecule is Cc1ccc2cc(C(=O)NCCSCCCO)c(C)nc2c1. The van der Waals surface area contributed by atoms with E-state index in [4.69, 9.17) is 5.11 Å². The van der Waals surface area contributed by atoms with Gasteiger partial charge in [-0.3, -0.25) is 9.78 Å². The number of nitrogens with one attached hydrogen (secondary N) is 1. The molecule has 0 saturated heterocycles. The van der Waals surface area contributed by atoms with Gasteiger partial charge in [-0.2, -0.15) is 11.8 Å². The molecule has 0 radical (unpaired) electrons. The van der Waals surface area contributed by atoms with Gasteiger partial charge in [-0.25, -0.2) is 0 Å². The zero-order valence-electron chi connectivity index (χ0n) is 13.1. The number of hydrogen-bond acceptors (Lipinski definition) is 4. The quantitative estimate of drug-likeness (QED) is 0.771. The summed E-state index contributed by atoms with van der Waals surface area (Å²) in [5.74, 6) is 1.70. The summed E-state index contributed by atoms with van der Waals surface area (Å²) >= 11 is 1.73. The van der Waals surface area contributed by atoms with Crippen LogP contribution >= 0.6 is 11.8 Å². The molecule has 0 aliphatic carbocycles. The highest BCUT2D eigenvalue weighted by Crippen LogP contribution is 2.18. The third-order valence-electron chi connectivity index (χ3n) is 3.39. The lowest BCUT2D eigenvalue weighted by Gasteiger charge is -2.09. The van der Waals surface area contributed by atoms with Gasteiger partial charge < -0.3 is 10.4 Å². The second kappa shape index (κ2) is 8.15. The Bertz CT molecular complexity index is 658. The van der Waals surface area contributed by atoms with Crippen molar-refractivity contribution in [1.29, 1.82) is 0 Å². The number of pyridine rings is 1. The van der Waals surface area contributed by atoms with Crippen LogP contribution in [-0.2, 0) is 0 Å². The maximum Gasteiger partial charge on any atom is 0.253 e. The highest BCUT2D eigenvalue weighted by atomic mass is 32.2. The van der Waals surface area contributed by atoms with Crippen LogP contribution < -0.4 is 5.32 Å². The first kappa shape index (κ1) is 16.8. The molecule has 0 fully saturated rings. The number of aromatic nitrogens is 1. The number of nitrogens with zero attached hydrogens (tertiary/aromatic N) is 1. The average molecular weight is 318 g/mol. The summed E-state index contributed by atoms with van der Waals surface area (Å²) in [5.41, 5.74) is 3.48. The summed E-state index contributed by atoms with van der Waals surface area (Å²) in [5, 5.41) is 12.6. The van der Waals surface area contributed by atoms with Crippen molar-refractivity contribution < 1.29 is 9.90 Å². The average Bonchev–Trinajstić information content (AvgIpc) is 2.49. The van der Waals surface area contributed by atoms with Crippen molar-refractivity contribution >= 4 is 28.6 Å². The van der Waals surface area contributed by atoms with Crippen LogP contribution in [0.5, 0.6) is 0 Å². The maximum absolute atomic E-state index is 12.3. The first-order valence-electron chi connectivity index (χ1n) is 7.46. The van der Waals surface area contributed by atoms with E-state index in [2.05, 4.69) is 10.3 Å². The number of rotatable bonds is 7. The van der Waals surface area contributed by atoms with Crippen LogP contribution in [0.3, 0.4) is 0 Å². The summed E-state index contributed by atoms with van der Waals surface area (Å²) in [6.07, 6.45) is 0.797. The van der Waals surface area contributed by atoms with Gasteiger partial charge in [0.2, 0.25) is 0 Å². The standard InChI is InChI=1S/C17H22N2O2S/c1-12-4-5-14-11-15(13(2)19-16(14)10-12)17(21)18-6-9-22-8-3-7-20/h4-5,10-11,20H,3,6-9H2,1-2H3,(H,18,21). The van der Waals surface area contributed by atoms with Crippen LogP contribution in [0.25, 0.3) is 10.9 Å². The fourth-order valence-electron chi connectivity index (χ4n) is 2.20. The molecule has 2 aromatic rings. The van der Waals surface area contributed by atoms with E-state index in [1.165, 1.54) is 0 Å². The minimum Gasteiger partial charge on any atom is -0.396 e. The molecule has 0 atom stereocenters. The number of carbonyl (C=O) groups excluding carboxylic acids is 1. The molecular formula is C17H22N2O2S. The Morgan fingerprint density at radius 3 is 2.86 bits per heavy atom. The maximum atomic E-state index is 12.3. The van der Waals surface area contributed by atoms with Crippen LogP contribution in [0.4, 0.5) is 0 Å². The highest BCUT2D eigenvalue weighted by Gasteiger charge is 2.11. The summed E-state index contributed by atoms with van der Waals surface area (Å²) < 4.78 is 0. The minimum atomic E-state index is -0.0739. The van der Waals surface area contributed by atoms with Gasteiger partial charge in [-0.1, -0.05) is 12.1 Å². The Balaban J connectivity index is 1.99. The number of aliphatic hydroxyl groups excluding tert-OH is 1. The predicted octanol–water partition coefficient (Wildman–Crippen LogP) is 2.70. The Morgan fingerprint density at radius 1 is 1.27 bits per heavy atom. The van der Waals surface area contributed by atoms with Gasteiger partial charge in [0.25, 0.3) is 5.91 Å². The normalized spacial score (nSPS) is 10.9. The van der Waals surface area contributed by atoms with E-state index in [1.807, 2.05) is 38.1 Å². The first-order chi connectivity index (χ1) is 10.6. The van der Waals surface area contributed by atoms with Crippen LogP contribution in [0.2, 0.25) is 0 Å². The summed E-state index contributed by atoms with van der Waals surface area (Å²) in [6, 6.07) is 7.96. The van der Waals surface area contributed by atoms with Gasteiger partial charge in [0, 0.05) is 24.3 Å². The van der Waals surface area contributed by atoms with Gasteiger partial charge in [-0.05, 0) is 43.7 Å². The molecule has 0 bridgehead atoms. The Kier molecular flexibility index (Phi) is 6.21. The molecule has 22 heavy (non-hydrogen) atoms. The molecule has 1 amide bonds. The van der Waals surface area contributed by atoms with Gasteiger partial charge in [0.1, 0.15) is 0 Å². The zero-order chi connectivity index (χ0) is 15.9. The molecule has 1 heterocycles. The van der Waals surface area contributed by atoms with Crippen molar-refractivity contribution in [2.45, 2.75) is 20.3 Å². The third kappa shape index (κ3) is 4.45. The molecular weight excluding hydrogens is 296 g/mol. The molecule has 4 nitrogen and oxygen atoms in total. The molecule has 2 N–H and O–H groups in total. The van der Waals surface area contributed by atoms with Crippen LogP contribution in [0.1, 0.15) is 28.0 Å². The zero-order valence-corrected chi connectivity index (χ0v) is 13.9. The fraction of sp³-hybridized carbons (Fsp3) is 0.412. The van der Waals surface area contributed by atoms with Crippen LogP contribution in [0.15, 0.2) is 24.3 Å². The summed E-state index contributed by atoms with van der Waals surface area (Å²) in [6.45, 7) is 4.75. The summed E-state index contributed by atoms with van der Waals surface area (Å²) in [4.78, 5) is 16.8. The van der Waals surface area contributed by atoms with Crippen molar-refractivity contribution in [3.05, 3.63) is 41.1 Å². The lowest BCUT2D eigenvalue weighted by atomic mass is 10.1. The largest absolute Gasteiger partial charge is 0.396 e. The molecule has 0 aliphatic rings. The second-order valence-electron chi connectivity index (χ2n) is 5.26. The lowest BCUT2D eigenvalue weighted by molar-refractivity contribution is 0.0955. The molecule has 5 heteroatoms. The lowest BCUT2D eigenvalue weighted by Crippen LogP contribution is -2.26. The van der Waals surface area contributed by atoms with Gasteiger partial charge in [0.05, 0.1) is 16.8 Å². The Morgan fingerprint density at radius 2 is 2.09 bits per heavy atom. The number of amides is 1. The number of hydrogen-bond donors (Lipinski definition) is 2. The van der Waals surface area contributed by atoms with E-state index in [-0.39, 0.29) is 12.5 Å². The smallest absolute Gasteiger partial charge is 0.253 e. The van der Waals surface area contributed by atoms with Gasteiger partial charge >= 0.3 is 0 Å². The number of aliphatic hydroxyl groups is 1. The second-order valence-corrected chi connectivity index (χ2v) is 6.49. The van der Waals surface area contributed by atoms with Crippen molar-refractivity contribution in [2.75, 3.05) is 24.7 Å². The number of thioether (sulfide) groups is 1. The van der Waals surface area contributed by atoms with E-state index < -0.39 is 0 Å². The number of fused-ring (bicyclic) bond motifs is 1. The summed E-state index contributed by atoms with van der Waals surface area (Å²) in [7, 11) is 0. The Labute approximate surface area is 135 Å². The molecule has 0 saturated carbocycles. The predicted molar refractivity (Wildman–Crippen MR) is 92.6 cm³/mol. The molecule has 0 unspecified atom stereocenters. The number of aryl methyl sites for hydroxylation is 2. The van der Waals surface area contributed by atoms with E-state index in [9.17, 15) is 4.79 Å². The number of benzene rings is 1.